The van der Waals surface area contributed by atoms with Gasteiger partial charge in [0.05, 0.1) is 13.7 Å². The van der Waals surface area contributed by atoms with Crippen LogP contribution in [0.5, 0.6) is 5.75 Å². The molecule has 0 aromatic heterocycles. The molecule has 2 aliphatic heterocycles. The summed E-state index contributed by atoms with van der Waals surface area (Å²) in [6.07, 6.45) is 6.71. The summed E-state index contributed by atoms with van der Waals surface area (Å²) >= 11 is 0. The van der Waals surface area contributed by atoms with Crippen LogP contribution in [0.3, 0.4) is 0 Å². The molecule has 0 bridgehead atoms. The Morgan fingerprint density at radius 3 is 2.50 bits per heavy atom. The van der Waals surface area contributed by atoms with Crippen molar-refractivity contribution < 1.29 is 14.3 Å². The molecule has 0 saturated carbocycles. The molecule has 1 atom stereocenters. The largest absolute Gasteiger partial charge is 0.497 e. The standard InChI is InChI=1S/C24H33N3O3/c1-5-24(22(28)27(17-18(2)3)23(29)25-24)20-12-15-26(16-13-20)14-6-7-19-8-10-21(30-4)11-9-19/h6-11,20H,2,5,12-17H2,1,3-4H3,(H,25,29)/b7-6+. The lowest BCUT2D eigenvalue weighted by Gasteiger charge is -2.40. The topological polar surface area (TPSA) is 61.9 Å². The molecule has 6 heteroatoms. The number of rotatable bonds is 8. The average molecular weight is 412 g/mol. The van der Waals surface area contributed by atoms with Crippen molar-refractivity contribution in [2.45, 2.75) is 38.6 Å². The summed E-state index contributed by atoms with van der Waals surface area (Å²) in [5.41, 5.74) is 1.19. The fraction of sp³-hybridized carbons (Fsp3) is 0.500. The second-order valence-corrected chi connectivity index (χ2v) is 8.35. The van der Waals surface area contributed by atoms with Gasteiger partial charge in [0.2, 0.25) is 0 Å². The van der Waals surface area contributed by atoms with Crippen molar-refractivity contribution in [2.24, 2.45) is 5.92 Å². The van der Waals surface area contributed by atoms with Gasteiger partial charge in [0.1, 0.15) is 11.3 Å². The molecule has 1 unspecified atom stereocenters. The highest BCUT2D eigenvalue weighted by atomic mass is 16.5. The zero-order valence-electron chi connectivity index (χ0n) is 18.3. The summed E-state index contributed by atoms with van der Waals surface area (Å²) < 4.78 is 5.19. The maximum Gasteiger partial charge on any atom is 0.325 e. The zero-order valence-corrected chi connectivity index (χ0v) is 18.3. The molecule has 1 aromatic rings. The number of amides is 3. The molecule has 30 heavy (non-hydrogen) atoms. The van der Waals surface area contributed by atoms with Crippen molar-refractivity contribution in [1.82, 2.24) is 15.1 Å². The fourth-order valence-electron chi connectivity index (χ4n) is 4.52. The maximum atomic E-state index is 13.1. The molecule has 0 spiro atoms. The van der Waals surface area contributed by atoms with Gasteiger partial charge in [-0.2, -0.15) is 0 Å². The highest BCUT2D eigenvalue weighted by Gasteiger charge is 2.54. The van der Waals surface area contributed by atoms with Gasteiger partial charge >= 0.3 is 6.03 Å². The Bertz CT molecular complexity index is 809. The summed E-state index contributed by atoms with van der Waals surface area (Å²) in [5.74, 6) is 0.932. The third kappa shape index (κ3) is 4.59. The van der Waals surface area contributed by atoms with Crippen molar-refractivity contribution in [3.8, 4) is 5.75 Å². The Balaban J connectivity index is 1.56. The van der Waals surface area contributed by atoms with E-state index in [4.69, 9.17) is 4.74 Å². The van der Waals surface area contributed by atoms with E-state index in [1.54, 1.807) is 7.11 Å². The van der Waals surface area contributed by atoms with E-state index < -0.39 is 5.54 Å². The predicted octanol–water partition coefficient (Wildman–Crippen LogP) is 3.70. The van der Waals surface area contributed by atoms with Crippen molar-refractivity contribution in [3.63, 3.8) is 0 Å². The van der Waals surface area contributed by atoms with Gasteiger partial charge in [-0.1, -0.05) is 43.4 Å². The molecule has 2 saturated heterocycles. The number of likely N-dealkylation sites (tertiary alicyclic amines) is 1. The first-order valence-corrected chi connectivity index (χ1v) is 10.7. The molecule has 162 valence electrons. The molecule has 2 aliphatic rings. The SMILES string of the molecule is C=C(C)CN1C(=O)NC(CC)(C2CCN(C/C=C/c3ccc(OC)cc3)CC2)C1=O. The molecule has 3 amide bonds. The number of methoxy groups -OCH3 is 1. The first kappa shape index (κ1) is 22.1. The summed E-state index contributed by atoms with van der Waals surface area (Å²) in [5, 5.41) is 3.03. The lowest BCUT2D eigenvalue weighted by atomic mass is 9.75. The number of nitrogens with zero attached hydrogens (tertiary/aromatic N) is 2. The van der Waals surface area contributed by atoms with Crippen molar-refractivity contribution in [2.75, 3.05) is 33.3 Å². The van der Waals surface area contributed by atoms with E-state index in [9.17, 15) is 9.59 Å². The van der Waals surface area contributed by atoms with Crippen LogP contribution in [0.15, 0.2) is 42.5 Å². The normalized spacial score (nSPS) is 23.2. The number of hydrogen-bond donors (Lipinski definition) is 1. The van der Waals surface area contributed by atoms with E-state index >= 15 is 0 Å². The van der Waals surface area contributed by atoms with E-state index in [-0.39, 0.29) is 17.9 Å². The van der Waals surface area contributed by atoms with Crippen LogP contribution in [-0.4, -0.2) is 60.6 Å². The number of piperidine rings is 1. The Morgan fingerprint density at radius 1 is 1.27 bits per heavy atom. The number of carbonyl (C=O) groups is 2. The minimum atomic E-state index is -0.766. The van der Waals surface area contributed by atoms with Gasteiger partial charge in [-0.15, -0.1) is 0 Å². The van der Waals surface area contributed by atoms with Crippen LogP contribution < -0.4 is 10.1 Å². The highest BCUT2D eigenvalue weighted by molar-refractivity contribution is 6.07. The van der Waals surface area contributed by atoms with E-state index in [0.29, 0.717) is 13.0 Å². The Hall–Kier alpha value is -2.60. The van der Waals surface area contributed by atoms with Gasteiger partial charge in [0.25, 0.3) is 5.91 Å². The first-order chi connectivity index (χ1) is 14.4. The molecule has 2 heterocycles. The van der Waals surface area contributed by atoms with Crippen molar-refractivity contribution in [3.05, 3.63) is 48.1 Å². The summed E-state index contributed by atoms with van der Waals surface area (Å²) in [6, 6.07) is 7.71. The van der Waals surface area contributed by atoms with E-state index in [1.165, 1.54) is 4.90 Å². The van der Waals surface area contributed by atoms with Gasteiger partial charge < -0.3 is 10.1 Å². The Kier molecular flexibility index (Phi) is 6.98. The monoisotopic (exact) mass is 411 g/mol. The highest BCUT2D eigenvalue weighted by Crippen LogP contribution is 2.36. The molecule has 0 aliphatic carbocycles. The number of nitrogens with one attached hydrogen (secondary N) is 1. The zero-order chi connectivity index (χ0) is 21.7. The van der Waals surface area contributed by atoms with Crippen LogP contribution in [-0.2, 0) is 4.79 Å². The lowest BCUT2D eigenvalue weighted by Crippen LogP contribution is -2.55. The van der Waals surface area contributed by atoms with Gasteiger partial charge in [0.15, 0.2) is 0 Å². The molecule has 0 radical (unpaired) electrons. The van der Waals surface area contributed by atoms with E-state index in [2.05, 4.69) is 28.9 Å². The van der Waals surface area contributed by atoms with E-state index in [0.717, 1.165) is 49.4 Å². The number of ether oxygens (including phenoxy) is 1. The third-order valence-corrected chi connectivity index (χ3v) is 6.26. The molecule has 3 rings (SSSR count). The van der Waals surface area contributed by atoms with Crippen LogP contribution in [0, 0.1) is 5.92 Å². The van der Waals surface area contributed by atoms with Crippen LogP contribution in [0.25, 0.3) is 6.08 Å². The smallest absolute Gasteiger partial charge is 0.325 e. The quantitative estimate of drug-likeness (QED) is 0.523. The Morgan fingerprint density at radius 2 is 1.93 bits per heavy atom. The maximum absolute atomic E-state index is 13.1. The molecule has 6 nitrogen and oxygen atoms in total. The van der Waals surface area contributed by atoms with Gasteiger partial charge in [-0.05, 0) is 62.9 Å². The third-order valence-electron chi connectivity index (χ3n) is 6.26. The Labute approximate surface area is 179 Å². The van der Waals surface area contributed by atoms with Gasteiger partial charge in [-0.25, -0.2) is 4.79 Å². The van der Waals surface area contributed by atoms with E-state index in [1.807, 2.05) is 38.1 Å². The van der Waals surface area contributed by atoms with Crippen molar-refractivity contribution >= 4 is 18.0 Å². The van der Waals surface area contributed by atoms with Crippen molar-refractivity contribution in [1.29, 1.82) is 0 Å². The van der Waals surface area contributed by atoms with Crippen LogP contribution in [0.1, 0.15) is 38.7 Å². The molecular weight excluding hydrogens is 378 g/mol. The molecule has 1 aromatic carbocycles. The number of carbonyl (C=O) groups excluding carboxylic acids is 2. The number of hydrogen-bond acceptors (Lipinski definition) is 4. The minimum Gasteiger partial charge on any atom is -0.497 e. The average Bonchev–Trinajstić information content (AvgIpc) is 2.99. The molecular formula is C24H33N3O3. The van der Waals surface area contributed by atoms with Crippen LogP contribution in [0.2, 0.25) is 0 Å². The fourth-order valence-corrected chi connectivity index (χ4v) is 4.52. The second-order valence-electron chi connectivity index (χ2n) is 8.35. The van der Waals surface area contributed by atoms with Crippen LogP contribution >= 0.6 is 0 Å². The molecule has 1 N–H and O–H groups in total. The summed E-state index contributed by atoms with van der Waals surface area (Å²) in [4.78, 5) is 29.3. The van der Waals surface area contributed by atoms with Gasteiger partial charge in [-0.3, -0.25) is 14.6 Å². The summed E-state index contributed by atoms with van der Waals surface area (Å²) in [7, 11) is 1.67. The summed E-state index contributed by atoms with van der Waals surface area (Å²) in [6.45, 7) is 10.7. The van der Waals surface area contributed by atoms with Crippen LogP contribution in [0.4, 0.5) is 4.79 Å². The molecule has 2 fully saturated rings. The predicted molar refractivity (Wildman–Crippen MR) is 119 cm³/mol. The number of imide groups is 1. The van der Waals surface area contributed by atoms with Gasteiger partial charge in [0, 0.05) is 6.54 Å². The first-order valence-electron chi connectivity index (χ1n) is 10.7. The second kappa shape index (κ2) is 9.47. The number of urea groups is 1. The minimum absolute atomic E-state index is 0.0872. The number of benzene rings is 1. The lowest BCUT2D eigenvalue weighted by molar-refractivity contribution is -0.133.